The maximum atomic E-state index is 11.5. The van der Waals surface area contributed by atoms with Gasteiger partial charge < -0.3 is 23.1 Å². The third-order valence-corrected chi connectivity index (χ3v) is 10.6. The van der Waals surface area contributed by atoms with Crippen LogP contribution in [0.5, 0.6) is 5.75 Å². The number of aliphatic hydroxyl groups is 1. The van der Waals surface area contributed by atoms with Crippen LogP contribution in [0.1, 0.15) is 51.7 Å². The highest BCUT2D eigenvalue weighted by atomic mass is 28.4. The molecule has 0 amide bonds. The molecule has 5 atom stereocenters. The normalized spacial score (nSPS) is 25.6. The maximum absolute atomic E-state index is 11.5. The van der Waals surface area contributed by atoms with E-state index in [1.807, 2.05) is 45.0 Å². The van der Waals surface area contributed by atoms with Crippen molar-refractivity contribution in [2.45, 2.75) is 58.2 Å². The van der Waals surface area contributed by atoms with Crippen molar-refractivity contribution in [2.24, 2.45) is 11.8 Å². The molecule has 2 bridgehead atoms. The number of aliphatic hydroxyl groups excluding tert-OH is 1. The number of methoxy groups -OCH3 is 1. The van der Waals surface area contributed by atoms with Crippen LogP contribution in [0.2, 0.25) is 6.04 Å². The van der Waals surface area contributed by atoms with E-state index in [4.69, 9.17) is 18.0 Å². The zero-order chi connectivity index (χ0) is 24.1. The number of rotatable bonds is 12. The van der Waals surface area contributed by atoms with Gasteiger partial charge in [-0.25, -0.2) is 0 Å². The van der Waals surface area contributed by atoms with Gasteiger partial charge in [0, 0.05) is 50.0 Å². The van der Waals surface area contributed by atoms with Gasteiger partial charge in [-0.1, -0.05) is 0 Å². The Bertz CT molecular complexity index is 928. The van der Waals surface area contributed by atoms with Gasteiger partial charge in [0.05, 0.1) is 18.7 Å². The van der Waals surface area contributed by atoms with Crippen LogP contribution >= 0.6 is 0 Å². The van der Waals surface area contributed by atoms with E-state index in [9.17, 15) is 5.11 Å². The average Bonchev–Trinajstić information content (AvgIpc) is 2.87. The fraction of sp³-hybridized carbons (Fsp3) is 0.654. The molecule has 4 heterocycles. The first-order valence-corrected chi connectivity index (χ1v) is 14.7. The third kappa shape index (κ3) is 5.32. The van der Waals surface area contributed by atoms with Crippen LogP contribution < -0.4 is 4.74 Å². The summed E-state index contributed by atoms with van der Waals surface area (Å²) in [5, 5.41) is 12.5. The Morgan fingerprint density at radius 3 is 2.47 bits per heavy atom. The minimum absolute atomic E-state index is 0.125. The molecule has 0 saturated carbocycles. The number of benzene rings is 1. The molecule has 0 spiro atoms. The molecule has 188 valence electrons. The molecule has 3 aliphatic heterocycles. The Kier molecular flexibility index (Phi) is 8.60. The Labute approximate surface area is 204 Å². The summed E-state index contributed by atoms with van der Waals surface area (Å²) in [5.74, 6) is 1.97. The molecule has 1 aromatic heterocycles. The van der Waals surface area contributed by atoms with Crippen molar-refractivity contribution in [1.82, 2.24) is 9.88 Å². The molecule has 0 aliphatic carbocycles. The van der Waals surface area contributed by atoms with E-state index in [1.165, 1.54) is 6.42 Å². The van der Waals surface area contributed by atoms with Gasteiger partial charge in [-0.05, 0) is 88.2 Å². The Hall–Kier alpha value is -1.55. The fourth-order valence-corrected chi connectivity index (χ4v) is 8.66. The SMILES string of the molecule is CCO[Si](CC[C@H]1CN2CC[C@H]1C[C@H]2[C@H](O)c1ccnc2ccc(OC)cc12)(OCC)OCC. The number of fused-ring (bicyclic) bond motifs is 4. The Morgan fingerprint density at radius 1 is 1.12 bits per heavy atom. The first-order valence-electron chi connectivity index (χ1n) is 12.8. The minimum atomic E-state index is -2.62. The standard InChI is InChI=1S/C26H40N2O5Si/c1-5-31-34(32-6-2,33-7-3)15-12-20-18-28-14-11-19(20)16-25(28)26(29)22-10-13-27-24-9-8-21(30-4)17-23(22)24/h8-10,13,17,19-20,25-26,29H,5-7,11-12,14-16,18H2,1-4H3/t19-,20-,25-,26+/m0/s1. The maximum Gasteiger partial charge on any atom is 0.500 e. The number of piperidine rings is 3. The second-order valence-electron chi connectivity index (χ2n) is 9.36. The van der Waals surface area contributed by atoms with E-state index in [-0.39, 0.29) is 6.04 Å². The van der Waals surface area contributed by atoms with Gasteiger partial charge in [-0.2, -0.15) is 0 Å². The monoisotopic (exact) mass is 488 g/mol. The first-order chi connectivity index (χ1) is 16.5. The quantitative estimate of drug-likeness (QED) is 0.443. The lowest BCUT2D eigenvalue weighted by molar-refractivity contribution is -0.0574. The van der Waals surface area contributed by atoms with Crippen LogP contribution in [0.4, 0.5) is 0 Å². The second kappa shape index (κ2) is 11.5. The van der Waals surface area contributed by atoms with Crippen molar-refractivity contribution >= 4 is 19.7 Å². The van der Waals surface area contributed by atoms with Gasteiger partial charge in [0.1, 0.15) is 5.75 Å². The first kappa shape index (κ1) is 25.5. The molecule has 3 saturated heterocycles. The van der Waals surface area contributed by atoms with Crippen molar-refractivity contribution < 1.29 is 23.1 Å². The van der Waals surface area contributed by atoms with Gasteiger partial charge in [0.15, 0.2) is 0 Å². The van der Waals surface area contributed by atoms with Crippen LogP contribution in [0.3, 0.4) is 0 Å². The molecular weight excluding hydrogens is 448 g/mol. The molecule has 2 aromatic rings. The summed E-state index contributed by atoms with van der Waals surface area (Å²) >= 11 is 0. The predicted octanol–water partition coefficient (Wildman–Crippen LogP) is 4.43. The molecule has 1 unspecified atom stereocenters. The Balaban J connectivity index is 1.47. The highest BCUT2D eigenvalue weighted by Crippen LogP contribution is 2.44. The zero-order valence-electron chi connectivity index (χ0n) is 21.0. The predicted molar refractivity (Wildman–Crippen MR) is 135 cm³/mol. The van der Waals surface area contributed by atoms with Gasteiger partial charge in [0.2, 0.25) is 0 Å². The lowest BCUT2D eigenvalue weighted by atomic mass is 9.72. The number of hydrogen-bond donors (Lipinski definition) is 1. The number of aromatic nitrogens is 1. The molecule has 5 rings (SSSR count). The van der Waals surface area contributed by atoms with E-state index in [0.717, 1.165) is 54.2 Å². The molecule has 1 N–H and O–H groups in total. The van der Waals surface area contributed by atoms with Crippen LogP contribution in [-0.4, -0.2) is 69.9 Å². The van der Waals surface area contributed by atoms with Crippen LogP contribution in [0.15, 0.2) is 30.5 Å². The van der Waals surface area contributed by atoms with Gasteiger partial charge in [-0.3, -0.25) is 9.88 Å². The van der Waals surface area contributed by atoms with Crippen molar-refractivity contribution in [3.8, 4) is 5.75 Å². The van der Waals surface area contributed by atoms with E-state index in [2.05, 4.69) is 9.88 Å². The second-order valence-corrected chi connectivity index (χ2v) is 12.1. The smallest absolute Gasteiger partial charge is 0.497 e. The molecule has 3 aliphatic rings. The van der Waals surface area contributed by atoms with E-state index < -0.39 is 14.9 Å². The van der Waals surface area contributed by atoms with E-state index >= 15 is 0 Å². The van der Waals surface area contributed by atoms with Gasteiger partial charge in [0.25, 0.3) is 0 Å². The van der Waals surface area contributed by atoms with Crippen molar-refractivity contribution in [3.63, 3.8) is 0 Å². The third-order valence-electron chi connectivity index (χ3n) is 7.52. The molecule has 34 heavy (non-hydrogen) atoms. The summed E-state index contributed by atoms with van der Waals surface area (Å²) in [6.07, 6.45) is 4.49. The molecule has 8 heteroatoms. The number of nitrogens with zero attached hydrogens (tertiary/aromatic N) is 2. The van der Waals surface area contributed by atoms with Gasteiger partial charge in [-0.15, -0.1) is 0 Å². The molecular formula is C26H40N2O5Si. The molecule has 7 nitrogen and oxygen atoms in total. The van der Waals surface area contributed by atoms with Crippen molar-refractivity contribution in [1.29, 1.82) is 0 Å². The highest BCUT2D eigenvalue weighted by molar-refractivity contribution is 6.60. The fourth-order valence-electron chi connectivity index (χ4n) is 5.94. The summed E-state index contributed by atoms with van der Waals surface area (Å²) in [4.78, 5) is 6.98. The summed E-state index contributed by atoms with van der Waals surface area (Å²) in [6.45, 7) is 9.94. The Morgan fingerprint density at radius 2 is 1.85 bits per heavy atom. The minimum Gasteiger partial charge on any atom is -0.497 e. The summed E-state index contributed by atoms with van der Waals surface area (Å²) in [6, 6.07) is 8.80. The summed E-state index contributed by atoms with van der Waals surface area (Å²) < 4.78 is 23.7. The molecule has 0 radical (unpaired) electrons. The number of pyridine rings is 1. The lowest BCUT2D eigenvalue weighted by Crippen LogP contribution is -2.56. The van der Waals surface area contributed by atoms with Crippen molar-refractivity contribution in [2.75, 3.05) is 40.0 Å². The highest BCUT2D eigenvalue weighted by Gasteiger charge is 2.46. The number of hydrogen-bond acceptors (Lipinski definition) is 7. The topological polar surface area (TPSA) is 73.3 Å². The van der Waals surface area contributed by atoms with E-state index in [0.29, 0.717) is 31.7 Å². The van der Waals surface area contributed by atoms with Crippen LogP contribution in [-0.2, 0) is 13.3 Å². The number of ether oxygens (including phenoxy) is 1. The van der Waals surface area contributed by atoms with Gasteiger partial charge >= 0.3 is 8.80 Å². The lowest BCUT2D eigenvalue weighted by Gasteiger charge is -2.51. The summed E-state index contributed by atoms with van der Waals surface area (Å²) in [5.41, 5.74) is 1.82. The zero-order valence-corrected chi connectivity index (χ0v) is 22.0. The van der Waals surface area contributed by atoms with Crippen LogP contribution in [0.25, 0.3) is 10.9 Å². The summed E-state index contributed by atoms with van der Waals surface area (Å²) in [7, 11) is -0.958. The largest absolute Gasteiger partial charge is 0.500 e. The molecule has 3 fully saturated rings. The van der Waals surface area contributed by atoms with Crippen molar-refractivity contribution in [3.05, 3.63) is 36.0 Å². The average molecular weight is 489 g/mol. The molecule has 1 aromatic carbocycles. The van der Waals surface area contributed by atoms with Crippen LogP contribution in [0, 0.1) is 11.8 Å². The van der Waals surface area contributed by atoms with E-state index in [1.54, 1.807) is 13.3 Å².